The van der Waals surface area contributed by atoms with Gasteiger partial charge < -0.3 is 4.74 Å². The van der Waals surface area contributed by atoms with Crippen molar-refractivity contribution in [3.8, 4) is 17.1 Å². The quantitative estimate of drug-likeness (QED) is 0.649. The van der Waals surface area contributed by atoms with Gasteiger partial charge >= 0.3 is 0 Å². The van der Waals surface area contributed by atoms with Crippen molar-refractivity contribution in [2.45, 2.75) is 10.1 Å². The summed E-state index contributed by atoms with van der Waals surface area (Å²) in [6, 6.07) is 18.1. The third kappa shape index (κ3) is 3.43. The van der Waals surface area contributed by atoms with Gasteiger partial charge in [0.15, 0.2) is 10.2 Å². The predicted octanol–water partition coefficient (Wildman–Crippen LogP) is 4.51. The third-order valence-electron chi connectivity index (χ3n) is 2.98. The van der Waals surface area contributed by atoms with Crippen LogP contribution in [0.15, 0.2) is 58.9 Å². The summed E-state index contributed by atoms with van der Waals surface area (Å²) in [6.45, 7) is 0. The van der Waals surface area contributed by atoms with Crippen LogP contribution in [0.1, 0.15) is 5.56 Å². The minimum absolute atomic E-state index is 0.795. The summed E-state index contributed by atoms with van der Waals surface area (Å²) in [5.41, 5.74) is 2.22. The van der Waals surface area contributed by atoms with Crippen LogP contribution in [-0.2, 0) is 5.75 Å². The summed E-state index contributed by atoms with van der Waals surface area (Å²) in [5, 5.41) is 0. The Hall–Kier alpha value is -1.85. The second-order valence-corrected chi connectivity index (χ2v) is 6.32. The summed E-state index contributed by atoms with van der Waals surface area (Å²) in [7, 11) is 1.70. The molecule has 3 aromatic rings. The van der Waals surface area contributed by atoms with E-state index in [-0.39, 0.29) is 0 Å². The van der Waals surface area contributed by atoms with Gasteiger partial charge in [0.1, 0.15) is 5.75 Å². The topological polar surface area (TPSA) is 35.0 Å². The van der Waals surface area contributed by atoms with Gasteiger partial charge in [-0.1, -0.05) is 60.3 Å². The molecule has 0 saturated carbocycles. The molecule has 2 aromatic carbocycles. The predicted molar refractivity (Wildman–Crippen MR) is 87.9 cm³/mol. The van der Waals surface area contributed by atoms with Crippen LogP contribution in [0.5, 0.6) is 5.75 Å². The van der Waals surface area contributed by atoms with Crippen molar-refractivity contribution < 1.29 is 4.74 Å². The third-order valence-corrected chi connectivity index (χ3v) is 4.87. The van der Waals surface area contributed by atoms with Crippen LogP contribution in [0.2, 0.25) is 0 Å². The first kappa shape index (κ1) is 14.1. The van der Waals surface area contributed by atoms with Gasteiger partial charge in [-0.05, 0) is 17.6 Å². The molecule has 21 heavy (non-hydrogen) atoms. The minimum atomic E-state index is 0.795. The SMILES string of the molecule is COc1ccccc1CSc1nc(-c2ccccc2)ns1. The molecule has 0 atom stereocenters. The van der Waals surface area contributed by atoms with E-state index in [1.807, 2.05) is 48.5 Å². The van der Waals surface area contributed by atoms with E-state index in [1.54, 1.807) is 18.9 Å². The first-order chi connectivity index (χ1) is 10.4. The van der Waals surface area contributed by atoms with Gasteiger partial charge in [-0.15, -0.1) is 0 Å². The maximum absolute atomic E-state index is 5.36. The fourth-order valence-electron chi connectivity index (χ4n) is 1.93. The lowest BCUT2D eigenvalue weighted by molar-refractivity contribution is 0.411. The summed E-state index contributed by atoms with van der Waals surface area (Å²) in [6.07, 6.45) is 0. The van der Waals surface area contributed by atoms with E-state index in [9.17, 15) is 0 Å². The largest absolute Gasteiger partial charge is 0.496 e. The molecular formula is C16H14N2OS2. The molecule has 0 spiro atoms. The Labute approximate surface area is 132 Å². The van der Waals surface area contributed by atoms with Crippen molar-refractivity contribution in [2.24, 2.45) is 0 Å². The second kappa shape index (κ2) is 6.74. The van der Waals surface area contributed by atoms with Gasteiger partial charge in [-0.3, -0.25) is 0 Å². The van der Waals surface area contributed by atoms with Crippen LogP contribution in [0.4, 0.5) is 0 Å². The van der Waals surface area contributed by atoms with E-state index in [4.69, 9.17) is 4.74 Å². The van der Waals surface area contributed by atoms with E-state index >= 15 is 0 Å². The fraction of sp³-hybridized carbons (Fsp3) is 0.125. The number of para-hydroxylation sites is 1. The van der Waals surface area contributed by atoms with Gasteiger partial charge in [0.25, 0.3) is 0 Å². The Kier molecular flexibility index (Phi) is 4.52. The standard InChI is InChI=1S/C16H14N2OS2/c1-19-14-10-6-5-9-13(14)11-20-16-17-15(18-21-16)12-7-3-2-4-8-12/h2-10H,11H2,1H3. The number of rotatable bonds is 5. The fourth-order valence-corrected chi connectivity index (χ4v) is 3.54. The van der Waals surface area contributed by atoms with E-state index in [2.05, 4.69) is 15.4 Å². The maximum Gasteiger partial charge on any atom is 0.174 e. The molecule has 0 aliphatic heterocycles. The van der Waals surface area contributed by atoms with E-state index in [0.29, 0.717) is 0 Å². The van der Waals surface area contributed by atoms with Crippen molar-refractivity contribution >= 4 is 23.3 Å². The number of ether oxygens (including phenoxy) is 1. The minimum Gasteiger partial charge on any atom is -0.496 e. The Morgan fingerprint density at radius 2 is 1.81 bits per heavy atom. The molecule has 5 heteroatoms. The number of hydrogen-bond donors (Lipinski definition) is 0. The first-order valence-electron chi connectivity index (χ1n) is 6.50. The highest BCUT2D eigenvalue weighted by molar-refractivity contribution is 8.00. The Bertz CT molecular complexity index is 713. The molecule has 3 nitrogen and oxygen atoms in total. The summed E-state index contributed by atoms with van der Waals surface area (Å²) >= 11 is 3.12. The number of thioether (sulfide) groups is 1. The van der Waals surface area contributed by atoms with E-state index in [1.165, 1.54) is 17.1 Å². The van der Waals surface area contributed by atoms with Gasteiger partial charge in [-0.25, -0.2) is 4.98 Å². The van der Waals surface area contributed by atoms with Crippen molar-refractivity contribution in [3.05, 3.63) is 60.2 Å². The monoisotopic (exact) mass is 314 g/mol. The van der Waals surface area contributed by atoms with Gasteiger partial charge in [0, 0.05) is 16.9 Å². The molecule has 0 aliphatic rings. The van der Waals surface area contributed by atoms with Crippen LogP contribution in [0.25, 0.3) is 11.4 Å². The maximum atomic E-state index is 5.36. The average molecular weight is 314 g/mol. The molecule has 0 fully saturated rings. The van der Waals surface area contributed by atoms with Gasteiger partial charge in [-0.2, -0.15) is 4.37 Å². The molecule has 3 rings (SSSR count). The number of benzene rings is 2. The van der Waals surface area contributed by atoms with Crippen molar-refractivity contribution in [1.82, 2.24) is 9.36 Å². The van der Waals surface area contributed by atoms with Crippen LogP contribution >= 0.6 is 23.3 Å². The average Bonchev–Trinajstić information content (AvgIpc) is 3.03. The summed E-state index contributed by atoms with van der Waals surface area (Å²) in [4.78, 5) is 4.58. The van der Waals surface area contributed by atoms with Crippen LogP contribution < -0.4 is 4.74 Å². The van der Waals surface area contributed by atoms with Gasteiger partial charge in [0.2, 0.25) is 0 Å². The molecule has 1 heterocycles. The lowest BCUT2D eigenvalue weighted by Gasteiger charge is -2.06. The zero-order valence-electron chi connectivity index (χ0n) is 11.5. The van der Waals surface area contributed by atoms with Crippen molar-refractivity contribution in [1.29, 1.82) is 0 Å². The number of aromatic nitrogens is 2. The highest BCUT2D eigenvalue weighted by Gasteiger charge is 2.08. The zero-order chi connectivity index (χ0) is 14.5. The molecule has 1 aromatic heterocycles. The van der Waals surface area contributed by atoms with Crippen LogP contribution in [0, 0.1) is 0 Å². The first-order valence-corrected chi connectivity index (χ1v) is 8.26. The molecule has 106 valence electrons. The molecule has 0 unspecified atom stereocenters. The number of nitrogens with zero attached hydrogens (tertiary/aromatic N) is 2. The molecule has 0 saturated heterocycles. The molecular weight excluding hydrogens is 300 g/mol. The number of methoxy groups -OCH3 is 1. The Balaban J connectivity index is 1.71. The van der Waals surface area contributed by atoms with E-state index < -0.39 is 0 Å². The highest BCUT2D eigenvalue weighted by Crippen LogP contribution is 2.30. The lowest BCUT2D eigenvalue weighted by Crippen LogP contribution is -1.89. The summed E-state index contributed by atoms with van der Waals surface area (Å²) in [5.74, 6) is 2.54. The molecule has 0 N–H and O–H groups in total. The van der Waals surface area contributed by atoms with Crippen LogP contribution in [-0.4, -0.2) is 16.5 Å². The van der Waals surface area contributed by atoms with Crippen molar-refractivity contribution in [2.75, 3.05) is 7.11 Å². The highest BCUT2D eigenvalue weighted by atomic mass is 32.2. The Morgan fingerprint density at radius 3 is 2.62 bits per heavy atom. The molecule has 0 amide bonds. The smallest absolute Gasteiger partial charge is 0.174 e. The second-order valence-electron chi connectivity index (χ2n) is 4.35. The lowest BCUT2D eigenvalue weighted by atomic mass is 10.2. The molecule has 0 radical (unpaired) electrons. The number of hydrogen-bond acceptors (Lipinski definition) is 5. The zero-order valence-corrected chi connectivity index (χ0v) is 13.2. The Morgan fingerprint density at radius 1 is 1.05 bits per heavy atom. The van der Waals surface area contributed by atoms with Gasteiger partial charge in [0.05, 0.1) is 7.11 Å². The van der Waals surface area contributed by atoms with E-state index in [0.717, 1.165) is 27.2 Å². The normalized spacial score (nSPS) is 10.5. The molecule has 0 bridgehead atoms. The summed E-state index contributed by atoms with van der Waals surface area (Å²) < 4.78 is 10.8. The molecule has 0 aliphatic carbocycles. The van der Waals surface area contributed by atoms with Crippen LogP contribution in [0.3, 0.4) is 0 Å². The van der Waals surface area contributed by atoms with Crippen molar-refractivity contribution in [3.63, 3.8) is 0 Å².